The predicted octanol–water partition coefficient (Wildman–Crippen LogP) is 2.74. The third kappa shape index (κ3) is 2.35. The van der Waals surface area contributed by atoms with Crippen molar-refractivity contribution < 1.29 is 0 Å². The maximum Gasteiger partial charge on any atom is 0.161 e. The molecule has 5 nitrogen and oxygen atoms in total. The minimum Gasteiger partial charge on any atom is -0.292 e. The Balaban J connectivity index is 1.69. The maximum absolute atomic E-state index is 4.69. The van der Waals surface area contributed by atoms with Crippen molar-refractivity contribution >= 4 is 0 Å². The van der Waals surface area contributed by atoms with Crippen molar-refractivity contribution in [2.75, 3.05) is 6.54 Å². The molecule has 1 aliphatic heterocycles. The maximum atomic E-state index is 4.69. The summed E-state index contributed by atoms with van der Waals surface area (Å²) in [6.45, 7) is 1.20. The van der Waals surface area contributed by atoms with E-state index >= 15 is 0 Å². The van der Waals surface area contributed by atoms with E-state index in [2.05, 4.69) is 19.9 Å². The number of hydrogen-bond acceptors (Lipinski definition) is 4. The minimum absolute atomic E-state index is 0.416. The average molecular weight is 283 g/mol. The van der Waals surface area contributed by atoms with E-state index in [-0.39, 0.29) is 0 Å². The Morgan fingerprint density at radius 3 is 2.62 bits per heavy atom. The first-order chi connectivity index (χ1) is 10.4. The molecule has 2 aliphatic rings. The van der Waals surface area contributed by atoms with Gasteiger partial charge in [-0.3, -0.25) is 14.5 Å². The number of imidazole rings is 1. The molecule has 1 atom stereocenters. The summed E-state index contributed by atoms with van der Waals surface area (Å²) in [5, 5.41) is 0. The molecule has 110 valence electrons. The first-order valence-electron chi connectivity index (χ1n) is 7.98. The Bertz CT molecular complexity index is 588. The van der Waals surface area contributed by atoms with Crippen LogP contribution in [0.2, 0.25) is 0 Å². The number of aromatic nitrogens is 4. The van der Waals surface area contributed by atoms with Crippen LogP contribution in [0.1, 0.15) is 50.3 Å². The van der Waals surface area contributed by atoms with Crippen molar-refractivity contribution in [3.63, 3.8) is 0 Å². The van der Waals surface area contributed by atoms with Crippen molar-refractivity contribution in [2.45, 2.75) is 50.6 Å². The largest absolute Gasteiger partial charge is 0.292 e. The SMILES string of the molecule is c1cn(-c2nccnc2[C@H]2CCCN2C2CCCC2)cn1. The molecule has 4 rings (SSSR count). The van der Waals surface area contributed by atoms with Gasteiger partial charge in [0, 0.05) is 30.8 Å². The van der Waals surface area contributed by atoms with E-state index in [1.54, 1.807) is 12.4 Å². The highest BCUT2D eigenvalue weighted by Gasteiger charge is 2.35. The zero-order chi connectivity index (χ0) is 14.1. The van der Waals surface area contributed by atoms with E-state index in [0.29, 0.717) is 6.04 Å². The predicted molar refractivity (Wildman–Crippen MR) is 80.1 cm³/mol. The lowest BCUT2D eigenvalue weighted by atomic mass is 10.1. The van der Waals surface area contributed by atoms with Crippen molar-refractivity contribution in [3.8, 4) is 5.82 Å². The molecular weight excluding hydrogens is 262 g/mol. The third-order valence-electron chi connectivity index (χ3n) is 4.86. The van der Waals surface area contributed by atoms with Crippen LogP contribution in [0.5, 0.6) is 0 Å². The van der Waals surface area contributed by atoms with Crippen LogP contribution < -0.4 is 0 Å². The fraction of sp³-hybridized carbons (Fsp3) is 0.562. The van der Waals surface area contributed by atoms with Gasteiger partial charge in [-0.2, -0.15) is 0 Å². The van der Waals surface area contributed by atoms with Gasteiger partial charge < -0.3 is 0 Å². The Morgan fingerprint density at radius 1 is 0.952 bits per heavy atom. The Kier molecular flexibility index (Phi) is 3.43. The van der Waals surface area contributed by atoms with Crippen LogP contribution in [0.25, 0.3) is 5.82 Å². The number of hydrogen-bond donors (Lipinski definition) is 0. The minimum atomic E-state index is 0.416. The highest BCUT2D eigenvalue weighted by molar-refractivity contribution is 5.31. The van der Waals surface area contributed by atoms with E-state index in [1.807, 2.05) is 23.3 Å². The molecule has 0 spiro atoms. The lowest BCUT2D eigenvalue weighted by Crippen LogP contribution is -2.33. The summed E-state index contributed by atoms with van der Waals surface area (Å²) in [5.41, 5.74) is 1.11. The summed E-state index contributed by atoms with van der Waals surface area (Å²) in [7, 11) is 0. The third-order valence-corrected chi connectivity index (χ3v) is 4.86. The Morgan fingerprint density at radius 2 is 1.81 bits per heavy atom. The van der Waals surface area contributed by atoms with Gasteiger partial charge in [-0.15, -0.1) is 0 Å². The molecule has 5 heteroatoms. The molecule has 2 aromatic heterocycles. The molecule has 2 aromatic rings. The van der Waals surface area contributed by atoms with Crippen molar-refractivity contribution in [2.24, 2.45) is 0 Å². The number of nitrogens with zero attached hydrogens (tertiary/aromatic N) is 5. The lowest BCUT2D eigenvalue weighted by Gasteiger charge is -2.30. The van der Waals surface area contributed by atoms with Gasteiger partial charge in [-0.05, 0) is 32.2 Å². The normalized spacial score (nSPS) is 23.9. The van der Waals surface area contributed by atoms with Crippen LogP contribution >= 0.6 is 0 Å². The van der Waals surface area contributed by atoms with Gasteiger partial charge in [0.05, 0.1) is 6.04 Å². The summed E-state index contributed by atoms with van der Waals surface area (Å²) in [5.74, 6) is 0.935. The second-order valence-corrected chi connectivity index (χ2v) is 6.07. The number of likely N-dealkylation sites (tertiary alicyclic amines) is 1. The van der Waals surface area contributed by atoms with E-state index in [1.165, 1.54) is 45.1 Å². The van der Waals surface area contributed by atoms with E-state index < -0.39 is 0 Å². The van der Waals surface area contributed by atoms with E-state index in [0.717, 1.165) is 17.6 Å². The van der Waals surface area contributed by atoms with Gasteiger partial charge in [0.25, 0.3) is 0 Å². The van der Waals surface area contributed by atoms with Crippen molar-refractivity contribution in [1.29, 1.82) is 0 Å². The van der Waals surface area contributed by atoms with Gasteiger partial charge in [0.15, 0.2) is 5.82 Å². The molecular formula is C16H21N5. The fourth-order valence-electron chi connectivity index (χ4n) is 3.92. The monoisotopic (exact) mass is 283 g/mol. The van der Waals surface area contributed by atoms with Gasteiger partial charge in [0.2, 0.25) is 0 Å². The first-order valence-corrected chi connectivity index (χ1v) is 7.98. The van der Waals surface area contributed by atoms with Crippen molar-refractivity contribution in [1.82, 2.24) is 24.4 Å². The summed E-state index contributed by atoms with van der Waals surface area (Å²) >= 11 is 0. The second-order valence-electron chi connectivity index (χ2n) is 6.07. The lowest BCUT2D eigenvalue weighted by molar-refractivity contribution is 0.179. The summed E-state index contributed by atoms with van der Waals surface area (Å²) in [6.07, 6.45) is 17.0. The van der Waals surface area contributed by atoms with Crippen LogP contribution in [0.15, 0.2) is 31.1 Å². The molecule has 1 aliphatic carbocycles. The highest BCUT2D eigenvalue weighted by atomic mass is 15.2. The molecule has 21 heavy (non-hydrogen) atoms. The highest BCUT2D eigenvalue weighted by Crippen LogP contribution is 2.38. The van der Waals surface area contributed by atoms with Gasteiger partial charge in [0.1, 0.15) is 12.0 Å². The Hall–Kier alpha value is -1.75. The molecule has 0 amide bonds. The van der Waals surface area contributed by atoms with Crippen LogP contribution in [0.3, 0.4) is 0 Å². The smallest absolute Gasteiger partial charge is 0.161 e. The van der Waals surface area contributed by atoms with Gasteiger partial charge in [-0.1, -0.05) is 12.8 Å². The standard InChI is InChI=1S/C16H21N5/c1-2-5-13(4-1)21-10-3-6-14(21)15-16(19-8-7-18-15)20-11-9-17-12-20/h7-9,11-14H,1-6,10H2/t14-/m1/s1. The number of rotatable bonds is 3. The van der Waals surface area contributed by atoms with E-state index in [9.17, 15) is 0 Å². The summed E-state index contributed by atoms with van der Waals surface area (Å²) in [6, 6.07) is 1.16. The van der Waals surface area contributed by atoms with Crippen LogP contribution in [0.4, 0.5) is 0 Å². The second kappa shape index (κ2) is 5.56. The molecule has 1 saturated heterocycles. The first kappa shape index (κ1) is 13.0. The van der Waals surface area contributed by atoms with Crippen LogP contribution in [0, 0.1) is 0 Å². The summed E-state index contributed by atoms with van der Waals surface area (Å²) in [4.78, 5) is 16.1. The van der Waals surface area contributed by atoms with Crippen LogP contribution in [-0.2, 0) is 0 Å². The molecule has 2 fully saturated rings. The van der Waals surface area contributed by atoms with Crippen molar-refractivity contribution in [3.05, 3.63) is 36.8 Å². The van der Waals surface area contributed by atoms with Gasteiger partial charge >= 0.3 is 0 Å². The Labute approximate surface area is 125 Å². The fourth-order valence-corrected chi connectivity index (χ4v) is 3.92. The molecule has 3 heterocycles. The molecule has 0 radical (unpaired) electrons. The average Bonchev–Trinajstić information content (AvgIpc) is 3.27. The quantitative estimate of drug-likeness (QED) is 0.869. The molecule has 0 aromatic carbocycles. The topological polar surface area (TPSA) is 46.8 Å². The summed E-state index contributed by atoms with van der Waals surface area (Å²) < 4.78 is 1.98. The van der Waals surface area contributed by atoms with Crippen LogP contribution in [-0.4, -0.2) is 37.0 Å². The van der Waals surface area contributed by atoms with Gasteiger partial charge in [-0.25, -0.2) is 9.97 Å². The van der Waals surface area contributed by atoms with E-state index in [4.69, 9.17) is 0 Å². The molecule has 0 unspecified atom stereocenters. The zero-order valence-electron chi connectivity index (χ0n) is 12.2. The molecule has 1 saturated carbocycles. The zero-order valence-corrected chi connectivity index (χ0v) is 12.2. The molecule has 0 N–H and O–H groups in total. The molecule has 0 bridgehead atoms.